The predicted octanol–water partition coefficient (Wildman–Crippen LogP) is 3.45. The Bertz CT molecular complexity index is 962. The summed E-state index contributed by atoms with van der Waals surface area (Å²) in [6.07, 6.45) is 0. The van der Waals surface area contributed by atoms with Crippen molar-refractivity contribution in [1.29, 1.82) is 0 Å². The molecule has 1 heterocycles. The summed E-state index contributed by atoms with van der Waals surface area (Å²) in [5.74, 6) is -0.0322. The van der Waals surface area contributed by atoms with E-state index in [4.69, 9.17) is 20.8 Å². The van der Waals surface area contributed by atoms with Crippen LogP contribution in [0.3, 0.4) is 0 Å². The normalized spacial score (nSPS) is 10.9. The summed E-state index contributed by atoms with van der Waals surface area (Å²) in [7, 11) is 0. The van der Waals surface area contributed by atoms with Crippen molar-refractivity contribution in [3.05, 3.63) is 72.9 Å². The van der Waals surface area contributed by atoms with Crippen LogP contribution in [0.25, 0.3) is 10.9 Å². The molecule has 1 aromatic heterocycles. The SMILES string of the molecule is O=c1oc(=O)n(CCOc2ccc(Br)cc2)c2ccc(Cl)cc12. The van der Waals surface area contributed by atoms with Gasteiger partial charge in [0.25, 0.3) is 0 Å². The van der Waals surface area contributed by atoms with Crippen LogP contribution >= 0.6 is 27.5 Å². The van der Waals surface area contributed by atoms with E-state index in [1.807, 2.05) is 24.3 Å². The molecular weight excluding hydrogens is 386 g/mol. The third-order valence-electron chi connectivity index (χ3n) is 3.27. The molecule has 0 aliphatic rings. The molecule has 0 saturated heterocycles. The van der Waals surface area contributed by atoms with E-state index in [1.165, 1.54) is 10.6 Å². The van der Waals surface area contributed by atoms with Gasteiger partial charge in [0.15, 0.2) is 0 Å². The van der Waals surface area contributed by atoms with Crippen molar-refractivity contribution in [2.24, 2.45) is 0 Å². The van der Waals surface area contributed by atoms with Gasteiger partial charge in [-0.15, -0.1) is 0 Å². The highest BCUT2D eigenvalue weighted by Gasteiger charge is 2.10. The van der Waals surface area contributed by atoms with Crippen LogP contribution < -0.4 is 16.1 Å². The van der Waals surface area contributed by atoms with Crippen LogP contribution in [0.2, 0.25) is 5.02 Å². The molecule has 23 heavy (non-hydrogen) atoms. The van der Waals surface area contributed by atoms with Gasteiger partial charge in [0.1, 0.15) is 12.4 Å². The number of ether oxygens (including phenoxy) is 1. The molecule has 0 bridgehead atoms. The summed E-state index contributed by atoms with van der Waals surface area (Å²) in [5.41, 5.74) is -0.229. The average Bonchev–Trinajstić information content (AvgIpc) is 2.52. The van der Waals surface area contributed by atoms with Gasteiger partial charge in [-0.2, -0.15) is 0 Å². The van der Waals surface area contributed by atoms with Crippen LogP contribution in [0, 0.1) is 0 Å². The Hall–Kier alpha value is -2.05. The van der Waals surface area contributed by atoms with Crippen molar-refractivity contribution in [2.45, 2.75) is 6.54 Å². The second kappa shape index (κ2) is 6.60. The Morgan fingerprint density at radius 2 is 1.87 bits per heavy atom. The maximum absolute atomic E-state index is 11.9. The van der Waals surface area contributed by atoms with Gasteiger partial charge in [0.2, 0.25) is 0 Å². The number of hydrogen-bond donors (Lipinski definition) is 0. The lowest BCUT2D eigenvalue weighted by atomic mass is 10.2. The van der Waals surface area contributed by atoms with Crippen LogP contribution in [0.5, 0.6) is 5.75 Å². The van der Waals surface area contributed by atoms with Crippen molar-refractivity contribution in [3.8, 4) is 5.75 Å². The number of rotatable bonds is 4. The van der Waals surface area contributed by atoms with Crippen molar-refractivity contribution in [2.75, 3.05) is 6.61 Å². The maximum Gasteiger partial charge on any atom is 0.422 e. The Kier molecular flexibility index (Phi) is 4.54. The van der Waals surface area contributed by atoms with Gasteiger partial charge < -0.3 is 9.15 Å². The standard InChI is InChI=1S/C16H11BrClNO4/c17-10-1-4-12(5-2-10)22-8-7-19-14-6-3-11(18)9-13(14)15(20)23-16(19)21/h1-6,9H,7-8H2. The van der Waals surface area contributed by atoms with E-state index >= 15 is 0 Å². The minimum atomic E-state index is -0.718. The van der Waals surface area contributed by atoms with Crippen molar-refractivity contribution in [1.82, 2.24) is 4.57 Å². The first-order chi connectivity index (χ1) is 11.0. The van der Waals surface area contributed by atoms with Gasteiger partial charge in [-0.05, 0) is 42.5 Å². The smallest absolute Gasteiger partial charge is 0.422 e. The van der Waals surface area contributed by atoms with E-state index in [9.17, 15) is 9.59 Å². The highest BCUT2D eigenvalue weighted by atomic mass is 79.9. The number of benzene rings is 2. The molecule has 5 nitrogen and oxygen atoms in total. The minimum absolute atomic E-state index is 0.247. The summed E-state index contributed by atoms with van der Waals surface area (Å²) in [4.78, 5) is 23.7. The molecule has 0 fully saturated rings. The highest BCUT2D eigenvalue weighted by molar-refractivity contribution is 9.10. The lowest BCUT2D eigenvalue weighted by Crippen LogP contribution is -2.27. The molecule has 2 aromatic carbocycles. The van der Waals surface area contributed by atoms with E-state index in [-0.39, 0.29) is 18.5 Å². The monoisotopic (exact) mass is 395 g/mol. The van der Waals surface area contributed by atoms with E-state index < -0.39 is 11.4 Å². The van der Waals surface area contributed by atoms with Crippen LogP contribution in [0.4, 0.5) is 0 Å². The molecule has 0 amide bonds. The zero-order valence-corrected chi connectivity index (χ0v) is 14.1. The molecule has 0 saturated carbocycles. The number of aromatic nitrogens is 1. The molecule has 3 aromatic rings. The van der Waals surface area contributed by atoms with Crippen LogP contribution in [0.1, 0.15) is 0 Å². The molecule has 3 rings (SSSR count). The number of halogens is 2. The van der Waals surface area contributed by atoms with E-state index in [2.05, 4.69) is 15.9 Å². The third kappa shape index (κ3) is 3.48. The molecule has 118 valence electrons. The lowest BCUT2D eigenvalue weighted by molar-refractivity contribution is 0.287. The van der Waals surface area contributed by atoms with Gasteiger partial charge >= 0.3 is 11.4 Å². The third-order valence-corrected chi connectivity index (χ3v) is 4.03. The molecular formula is C16H11BrClNO4. The summed E-state index contributed by atoms with van der Waals surface area (Å²) >= 11 is 9.23. The first-order valence-corrected chi connectivity index (χ1v) is 7.93. The second-order valence-electron chi connectivity index (χ2n) is 4.77. The van der Waals surface area contributed by atoms with E-state index in [0.717, 1.165) is 4.47 Å². The fourth-order valence-electron chi connectivity index (χ4n) is 2.19. The molecule has 0 atom stereocenters. The zero-order chi connectivity index (χ0) is 16.4. The molecule has 0 aliphatic heterocycles. The van der Waals surface area contributed by atoms with Crippen molar-refractivity contribution >= 4 is 38.4 Å². The molecule has 0 N–H and O–H groups in total. The van der Waals surface area contributed by atoms with Crippen LogP contribution in [-0.2, 0) is 6.54 Å². The van der Waals surface area contributed by atoms with Gasteiger partial charge in [0.05, 0.1) is 17.4 Å². The quantitative estimate of drug-likeness (QED) is 0.678. The summed E-state index contributed by atoms with van der Waals surface area (Å²) in [5, 5.41) is 0.668. The number of fused-ring (bicyclic) bond motifs is 1. The first-order valence-electron chi connectivity index (χ1n) is 6.76. The van der Waals surface area contributed by atoms with Gasteiger partial charge in [0, 0.05) is 9.50 Å². The number of nitrogens with zero attached hydrogens (tertiary/aromatic N) is 1. The molecule has 0 unspecified atom stereocenters. The minimum Gasteiger partial charge on any atom is -0.492 e. The summed E-state index contributed by atoms with van der Waals surface area (Å²) in [6.45, 7) is 0.504. The van der Waals surface area contributed by atoms with Gasteiger partial charge in [-0.25, -0.2) is 9.59 Å². The Labute approximate surface area is 144 Å². The number of hydrogen-bond acceptors (Lipinski definition) is 4. The molecule has 0 radical (unpaired) electrons. The summed E-state index contributed by atoms with van der Waals surface area (Å²) in [6, 6.07) is 12.1. The topological polar surface area (TPSA) is 61.4 Å². The Morgan fingerprint density at radius 3 is 2.61 bits per heavy atom. The maximum atomic E-state index is 11.9. The van der Waals surface area contributed by atoms with Crippen molar-refractivity contribution < 1.29 is 9.15 Å². The molecule has 0 aliphatic carbocycles. The van der Waals surface area contributed by atoms with E-state index in [0.29, 0.717) is 16.3 Å². The van der Waals surface area contributed by atoms with E-state index in [1.54, 1.807) is 12.1 Å². The van der Waals surface area contributed by atoms with Gasteiger partial charge in [-0.3, -0.25) is 4.57 Å². The fraction of sp³-hybridized carbons (Fsp3) is 0.125. The fourth-order valence-corrected chi connectivity index (χ4v) is 2.63. The van der Waals surface area contributed by atoms with Crippen LogP contribution in [0.15, 0.2) is 60.9 Å². The highest BCUT2D eigenvalue weighted by Crippen LogP contribution is 2.17. The Morgan fingerprint density at radius 1 is 1.13 bits per heavy atom. The van der Waals surface area contributed by atoms with Gasteiger partial charge in [-0.1, -0.05) is 27.5 Å². The first kappa shape index (κ1) is 15.8. The Balaban J connectivity index is 1.86. The van der Waals surface area contributed by atoms with Crippen LogP contribution in [-0.4, -0.2) is 11.2 Å². The largest absolute Gasteiger partial charge is 0.492 e. The second-order valence-corrected chi connectivity index (χ2v) is 6.12. The molecule has 7 heteroatoms. The average molecular weight is 397 g/mol. The lowest BCUT2D eigenvalue weighted by Gasteiger charge is -2.10. The summed E-state index contributed by atoms with van der Waals surface area (Å²) < 4.78 is 12.6. The zero-order valence-electron chi connectivity index (χ0n) is 11.8. The van der Waals surface area contributed by atoms with Crippen molar-refractivity contribution in [3.63, 3.8) is 0 Å². The molecule has 0 spiro atoms. The predicted molar refractivity (Wildman–Crippen MR) is 91.4 cm³/mol.